The highest BCUT2D eigenvalue weighted by Crippen LogP contribution is 2.69. The Kier molecular flexibility index (Phi) is 4.13. The Labute approximate surface area is 162 Å². The molecule has 0 aromatic carbocycles. The summed E-state index contributed by atoms with van der Waals surface area (Å²) in [6, 6.07) is 0. The van der Waals surface area contributed by atoms with Crippen LogP contribution in [0.3, 0.4) is 0 Å². The van der Waals surface area contributed by atoms with Gasteiger partial charge in [-0.3, -0.25) is 9.59 Å². The molecule has 4 aliphatic rings. The third-order valence-electron chi connectivity index (χ3n) is 8.43. The fourth-order valence-electron chi connectivity index (χ4n) is 6.85. The van der Waals surface area contributed by atoms with Crippen LogP contribution in [0.1, 0.15) is 39.5 Å². The van der Waals surface area contributed by atoms with Crippen LogP contribution >= 0.6 is 0 Å². The van der Waals surface area contributed by atoms with Crippen molar-refractivity contribution in [1.29, 1.82) is 0 Å². The normalized spacial score (nSPS) is 52.5. The lowest BCUT2D eigenvalue weighted by atomic mass is 9.44. The molecule has 0 aromatic rings. The van der Waals surface area contributed by atoms with Gasteiger partial charge in [0.05, 0.1) is 12.2 Å². The molecule has 2 unspecified atom stereocenters. The lowest BCUT2D eigenvalue weighted by molar-refractivity contribution is -0.222. The molecule has 0 aliphatic heterocycles. The molecule has 28 heavy (non-hydrogen) atoms. The van der Waals surface area contributed by atoms with Gasteiger partial charge in [-0.25, -0.2) is 4.39 Å². The molecule has 0 bridgehead atoms. The lowest BCUT2D eigenvalue weighted by Crippen LogP contribution is -2.69. The largest absolute Gasteiger partial charge is 0.390 e. The van der Waals surface area contributed by atoms with E-state index in [0.29, 0.717) is 18.4 Å². The van der Waals surface area contributed by atoms with Crippen LogP contribution in [-0.4, -0.2) is 62.1 Å². The molecule has 6 nitrogen and oxygen atoms in total. The maximum Gasteiger partial charge on any atom is 0.192 e. The molecule has 4 aliphatic carbocycles. The first-order valence-electron chi connectivity index (χ1n) is 9.82. The van der Waals surface area contributed by atoms with Crippen molar-refractivity contribution in [2.24, 2.45) is 22.7 Å². The van der Waals surface area contributed by atoms with Gasteiger partial charge < -0.3 is 20.4 Å². The molecule has 0 radical (unpaired) electrons. The molecule has 4 rings (SSSR count). The summed E-state index contributed by atoms with van der Waals surface area (Å²) in [5.74, 6) is -2.38. The first-order valence-corrected chi connectivity index (χ1v) is 9.82. The molecule has 0 saturated heterocycles. The monoisotopic (exact) mass is 394 g/mol. The van der Waals surface area contributed by atoms with Crippen LogP contribution in [0.5, 0.6) is 0 Å². The Morgan fingerprint density at radius 2 is 1.93 bits per heavy atom. The molecule has 4 N–H and O–H groups in total. The topological polar surface area (TPSA) is 115 Å². The van der Waals surface area contributed by atoms with Gasteiger partial charge in [-0.1, -0.05) is 18.6 Å². The summed E-state index contributed by atoms with van der Waals surface area (Å²) >= 11 is 0. The van der Waals surface area contributed by atoms with Crippen LogP contribution in [0.4, 0.5) is 4.39 Å². The lowest BCUT2D eigenvalue weighted by Gasteiger charge is -2.62. The van der Waals surface area contributed by atoms with Gasteiger partial charge >= 0.3 is 0 Å². The van der Waals surface area contributed by atoms with E-state index in [0.717, 1.165) is 0 Å². The van der Waals surface area contributed by atoms with E-state index in [4.69, 9.17) is 0 Å². The zero-order valence-corrected chi connectivity index (χ0v) is 16.1. The van der Waals surface area contributed by atoms with E-state index >= 15 is 4.39 Å². The molecule has 0 spiro atoms. The van der Waals surface area contributed by atoms with Crippen LogP contribution in [0.25, 0.3) is 0 Å². The Morgan fingerprint density at radius 1 is 1.25 bits per heavy atom. The first-order chi connectivity index (χ1) is 13.0. The fourth-order valence-corrected chi connectivity index (χ4v) is 6.85. The smallest absolute Gasteiger partial charge is 0.192 e. The number of carbonyl (C=O) groups is 2. The molecule has 8 atom stereocenters. The molecule has 3 fully saturated rings. The van der Waals surface area contributed by atoms with Gasteiger partial charge in [-0.15, -0.1) is 0 Å². The highest BCUT2D eigenvalue weighted by atomic mass is 19.1. The average molecular weight is 394 g/mol. The second-order valence-electron chi connectivity index (χ2n) is 9.36. The number of aliphatic hydroxyl groups excluding tert-OH is 3. The van der Waals surface area contributed by atoms with Crippen molar-refractivity contribution in [1.82, 2.24) is 0 Å². The van der Waals surface area contributed by atoms with Gasteiger partial charge in [-0.05, 0) is 50.7 Å². The van der Waals surface area contributed by atoms with Gasteiger partial charge in [-0.2, -0.15) is 0 Å². The van der Waals surface area contributed by atoms with Crippen molar-refractivity contribution in [2.75, 3.05) is 6.61 Å². The third-order valence-corrected chi connectivity index (χ3v) is 8.43. The van der Waals surface area contributed by atoms with Gasteiger partial charge in [0, 0.05) is 16.7 Å². The van der Waals surface area contributed by atoms with Crippen LogP contribution in [0.15, 0.2) is 23.8 Å². The highest BCUT2D eigenvalue weighted by molar-refractivity contribution is 6.01. The number of ketones is 2. The quantitative estimate of drug-likeness (QED) is 0.546. The minimum atomic E-state index is -2.23. The molecule has 0 heterocycles. The van der Waals surface area contributed by atoms with Gasteiger partial charge in [0.2, 0.25) is 0 Å². The third kappa shape index (κ3) is 2.01. The molecule has 0 aromatic heterocycles. The maximum absolute atomic E-state index is 16.8. The molecule has 3 saturated carbocycles. The standard InChI is InChI=1S/C21H27FO6/c1-18-6-5-12(24)7-11(18)3-4-13-14-8-15(25)21(28,17(27)10-23)19(14,2)9-16(26)20(13,18)22/h5-7,13-16,23,25-26,28H,3-4,8-10H2,1-2H3/t13-,14-,15?,16?,18-,19-,20+,21+/m0/s1. The summed E-state index contributed by atoms with van der Waals surface area (Å²) in [5.41, 5.74) is -6.12. The first kappa shape index (κ1) is 19.9. The number of halogens is 1. The van der Waals surface area contributed by atoms with Gasteiger partial charge in [0.15, 0.2) is 22.8 Å². The van der Waals surface area contributed by atoms with Crippen molar-refractivity contribution in [2.45, 2.75) is 63.0 Å². The number of Topliss-reactive ketones (excluding diaryl/α,β-unsaturated/α-hetero) is 1. The van der Waals surface area contributed by atoms with Crippen LogP contribution in [0, 0.1) is 22.7 Å². The summed E-state index contributed by atoms with van der Waals surface area (Å²) in [6.07, 6.45) is 1.93. The molecule has 154 valence electrons. The maximum atomic E-state index is 16.8. The number of carbonyl (C=O) groups excluding carboxylic acids is 2. The SMILES string of the molecule is C[C@]12C=CC(=O)C=C1CC[C@H]1[C@@H]3CC(O)[C@@](O)(C(=O)CO)[C@@]3(C)CC(O)[C@]12F. The van der Waals surface area contributed by atoms with Crippen molar-refractivity contribution in [3.63, 3.8) is 0 Å². The number of alkyl halides is 1. The van der Waals surface area contributed by atoms with Gasteiger partial charge in [0.25, 0.3) is 0 Å². The number of aliphatic hydroxyl groups is 4. The number of hydrogen-bond donors (Lipinski definition) is 4. The zero-order chi connectivity index (χ0) is 20.7. The summed E-state index contributed by atoms with van der Waals surface area (Å²) in [5, 5.41) is 42.1. The van der Waals surface area contributed by atoms with E-state index in [1.807, 2.05) is 0 Å². The number of hydrogen-bond acceptors (Lipinski definition) is 6. The zero-order valence-electron chi connectivity index (χ0n) is 16.1. The van der Waals surface area contributed by atoms with Crippen molar-refractivity contribution in [3.8, 4) is 0 Å². The Bertz CT molecular complexity index is 807. The summed E-state index contributed by atoms with van der Waals surface area (Å²) in [4.78, 5) is 24.2. The second-order valence-corrected chi connectivity index (χ2v) is 9.36. The second kappa shape index (κ2) is 5.81. The van der Waals surface area contributed by atoms with Crippen molar-refractivity contribution >= 4 is 11.6 Å². The Morgan fingerprint density at radius 3 is 2.57 bits per heavy atom. The summed E-state index contributed by atoms with van der Waals surface area (Å²) in [6.45, 7) is 2.33. The number of fused-ring (bicyclic) bond motifs is 5. The van der Waals surface area contributed by atoms with Crippen molar-refractivity contribution in [3.05, 3.63) is 23.8 Å². The van der Waals surface area contributed by atoms with Crippen LogP contribution in [0.2, 0.25) is 0 Å². The molecular weight excluding hydrogens is 367 g/mol. The van der Waals surface area contributed by atoms with Gasteiger partial charge in [0.1, 0.15) is 6.61 Å². The van der Waals surface area contributed by atoms with Crippen molar-refractivity contribution < 1.29 is 34.4 Å². The highest BCUT2D eigenvalue weighted by Gasteiger charge is 2.76. The number of allylic oxidation sites excluding steroid dienone is 4. The van der Waals surface area contributed by atoms with E-state index in [1.54, 1.807) is 13.8 Å². The van der Waals surface area contributed by atoms with E-state index in [1.165, 1.54) is 18.2 Å². The summed E-state index contributed by atoms with van der Waals surface area (Å²) in [7, 11) is 0. The molecule has 7 heteroatoms. The minimum absolute atomic E-state index is 0.0135. The van der Waals surface area contributed by atoms with Crippen LogP contribution < -0.4 is 0 Å². The molecule has 0 amide bonds. The van der Waals surface area contributed by atoms with Crippen LogP contribution in [-0.2, 0) is 9.59 Å². The van der Waals surface area contributed by atoms with E-state index in [2.05, 4.69) is 0 Å². The van der Waals surface area contributed by atoms with E-state index < -0.39 is 58.5 Å². The predicted molar refractivity (Wildman–Crippen MR) is 96.8 cm³/mol. The average Bonchev–Trinajstić information content (AvgIpc) is 2.84. The predicted octanol–water partition coefficient (Wildman–Crippen LogP) is 0.620. The molecular formula is C21H27FO6. The minimum Gasteiger partial charge on any atom is -0.390 e. The van der Waals surface area contributed by atoms with E-state index in [9.17, 15) is 30.0 Å². The number of rotatable bonds is 2. The Balaban J connectivity index is 1.84. The van der Waals surface area contributed by atoms with E-state index in [-0.39, 0.29) is 18.6 Å². The fraction of sp³-hybridized carbons (Fsp3) is 0.714. The summed E-state index contributed by atoms with van der Waals surface area (Å²) < 4.78 is 16.8. The Hall–Kier alpha value is -1.41.